The van der Waals surface area contributed by atoms with Crippen LogP contribution in [0.2, 0.25) is 0 Å². The van der Waals surface area contributed by atoms with E-state index in [-0.39, 0.29) is 0 Å². The summed E-state index contributed by atoms with van der Waals surface area (Å²) in [5.74, 6) is -6.33. The van der Waals surface area contributed by atoms with Crippen LogP contribution in [0.15, 0.2) is 54.6 Å². The van der Waals surface area contributed by atoms with Crippen LogP contribution in [0.5, 0.6) is 0 Å². The van der Waals surface area contributed by atoms with Gasteiger partial charge in [-0.2, -0.15) is 0 Å². The molecule has 0 radical (unpaired) electrons. The van der Waals surface area contributed by atoms with Crippen molar-refractivity contribution in [1.82, 2.24) is 10.2 Å². The molecule has 2 aromatic rings. The Morgan fingerprint density at radius 1 is 0.943 bits per heavy atom. The number of benzene rings is 2. The fraction of sp³-hybridized carbons (Fsp3) is 0.333. The largest absolute Gasteiger partial charge is 0.481 e. The Morgan fingerprint density at radius 2 is 1.51 bits per heavy atom. The van der Waals surface area contributed by atoms with Crippen molar-refractivity contribution in [2.75, 3.05) is 0 Å². The number of amides is 2. The van der Waals surface area contributed by atoms with Gasteiger partial charge in [0.05, 0.1) is 18.3 Å². The molecule has 0 saturated carbocycles. The molecule has 0 spiro atoms. The summed E-state index contributed by atoms with van der Waals surface area (Å²) in [5.41, 5.74) is -0.425. The number of nitrogens with one attached hydrogen (secondary N) is 1. The summed E-state index contributed by atoms with van der Waals surface area (Å²) in [4.78, 5) is 52.1. The fourth-order valence-corrected chi connectivity index (χ4v) is 5.20. The lowest BCUT2D eigenvalue weighted by atomic mass is 9.77. The first-order chi connectivity index (χ1) is 16.5. The molecule has 4 rings (SSSR count). The molecule has 4 atom stereocenters. The van der Waals surface area contributed by atoms with Crippen LogP contribution in [0, 0.1) is 11.8 Å². The van der Waals surface area contributed by atoms with Gasteiger partial charge in [-0.25, -0.2) is 0 Å². The maximum atomic E-state index is 13.5. The molecule has 8 heteroatoms. The SMILES string of the molecule is CC(C)(C)N1C(=O)C2C(c3ccc(C=Cc4ccccc4)cc3)NC(CC(=O)O)(C(=O)O)C2C1=O. The lowest BCUT2D eigenvalue weighted by Crippen LogP contribution is -2.58. The molecular formula is C27H28N2O6. The second-order valence-electron chi connectivity index (χ2n) is 10.1. The first-order valence-corrected chi connectivity index (χ1v) is 11.4. The minimum atomic E-state index is -2.10. The van der Waals surface area contributed by atoms with Gasteiger partial charge >= 0.3 is 11.9 Å². The number of aliphatic carboxylic acids is 2. The second kappa shape index (κ2) is 8.78. The number of fused-ring (bicyclic) bond motifs is 1. The van der Waals surface area contributed by atoms with Gasteiger partial charge in [0.2, 0.25) is 11.8 Å². The van der Waals surface area contributed by atoms with E-state index in [1.807, 2.05) is 54.6 Å². The lowest BCUT2D eigenvalue weighted by molar-refractivity contribution is -0.157. The van der Waals surface area contributed by atoms with Crippen molar-refractivity contribution < 1.29 is 29.4 Å². The number of hydrogen-bond donors (Lipinski definition) is 3. The van der Waals surface area contributed by atoms with Gasteiger partial charge in [-0.05, 0) is 37.5 Å². The molecule has 3 N–H and O–H groups in total. The van der Waals surface area contributed by atoms with Crippen molar-refractivity contribution in [2.45, 2.75) is 44.3 Å². The summed E-state index contributed by atoms with van der Waals surface area (Å²) in [7, 11) is 0. The zero-order chi connectivity index (χ0) is 25.5. The van der Waals surface area contributed by atoms with Crippen molar-refractivity contribution in [2.24, 2.45) is 11.8 Å². The molecule has 0 aromatic heterocycles. The Kier molecular flexibility index (Phi) is 6.11. The van der Waals surface area contributed by atoms with Crippen molar-refractivity contribution in [3.05, 3.63) is 71.3 Å². The van der Waals surface area contributed by atoms with Gasteiger partial charge in [-0.15, -0.1) is 0 Å². The summed E-state index contributed by atoms with van der Waals surface area (Å²) < 4.78 is 0. The lowest BCUT2D eigenvalue weighted by Gasteiger charge is -2.34. The van der Waals surface area contributed by atoms with Crippen LogP contribution in [0.25, 0.3) is 12.2 Å². The minimum Gasteiger partial charge on any atom is -0.481 e. The number of hydrogen-bond acceptors (Lipinski definition) is 5. The molecule has 2 fully saturated rings. The third kappa shape index (κ3) is 4.25. The number of carbonyl (C=O) groups is 4. The van der Waals surface area contributed by atoms with E-state index in [1.165, 1.54) is 0 Å². The average Bonchev–Trinajstić information content (AvgIpc) is 3.27. The number of carboxylic acids is 2. The summed E-state index contributed by atoms with van der Waals surface area (Å²) in [5, 5.41) is 22.5. The van der Waals surface area contributed by atoms with Gasteiger partial charge in [0.1, 0.15) is 5.54 Å². The highest BCUT2D eigenvalue weighted by molar-refractivity contribution is 6.10. The van der Waals surface area contributed by atoms with Gasteiger partial charge in [-0.3, -0.25) is 29.4 Å². The van der Waals surface area contributed by atoms with E-state index < -0.39 is 59.1 Å². The normalized spacial score (nSPS) is 26.4. The number of carbonyl (C=O) groups excluding carboxylic acids is 2. The number of rotatable bonds is 6. The average molecular weight is 477 g/mol. The smallest absolute Gasteiger partial charge is 0.325 e. The van der Waals surface area contributed by atoms with Crippen LogP contribution < -0.4 is 5.32 Å². The molecule has 0 bridgehead atoms. The Hall–Kier alpha value is -3.78. The summed E-state index contributed by atoms with van der Waals surface area (Å²) in [6, 6.07) is 16.2. The van der Waals surface area contributed by atoms with E-state index >= 15 is 0 Å². The van der Waals surface area contributed by atoms with E-state index in [2.05, 4.69) is 5.32 Å². The highest BCUT2D eigenvalue weighted by Crippen LogP contribution is 2.51. The Bertz CT molecular complexity index is 1200. The monoisotopic (exact) mass is 476 g/mol. The van der Waals surface area contributed by atoms with Crippen LogP contribution in [0.1, 0.15) is 49.9 Å². The molecule has 182 valence electrons. The van der Waals surface area contributed by atoms with Crippen molar-refractivity contribution in [3.63, 3.8) is 0 Å². The molecule has 2 aliphatic heterocycles. The van der Waals surface area contributed by atoms with Crippen LogP contribution in [-0.2, 0) is 19.2 Å². The standard InChI is InChI=1S/C27H28N2O6/c1-26(2,3)29-23(32)20-21(24(29)33)27(25(34)35,15-19(30)31)28-22(20)18-13-11-17(12-14-18)10-9-16-7-5-4-6-8-16/h4-14,20-22,28H,15H2,1-3H3,(H,30,31)(H,34,35). The van der Waals surface area contributed by atoms with Gasteiger partial charge in [-0.1, -0.05) is 66.7 Å². The van der Waals surface area contributed by atoms with Gasteiger partial charge < -0.3 is 10.2 Å². The van der Waals surface area contributed by atoms with E-state index in [1.54, 1.807) is 32.9 Å². The molecule has 4 unspecified atom stereocenters. The fourth-order valence-electron chi connectivity index (χ4n) is 5.20. The van der Waals surface area contributed by atoms with Crippen molar-refractivity contribution >= 4 is 35.9 Å². The predicted octanol–water partition coefficient (Wildman–Crippen LogP) is 3.20. The zero-order valence-corrected chi connectivity index (χ0v) is 19.8. The third-order valence-corrected chi connectivity index (χ3v) is 6.70. The van der Waals surface area contributed by atoms with Crippen LogP contribution in [0.4, 0.5) is 0 Å². The molecular weight excluding hydrogens is 448 g/mol. The molecule has 0 aliphatic carbocycles. The topological polar surface area (TPSA) is 124 Å². The molecule has 2 aromatic carbocycles. The Morgan fingerprint density at radius 3 is 2.03 bits per heavy atom. The first-order valence-electron chi connectivity index (χ1n) is 11.4. The number of likely N-dealkylation sites (tertiary alicyclic amines) is 1. The zero-order valence-electron chi connectivity index (χ0n) is 19.8. The highest BCUT2D eigenvalue weighted by atomic mass is 16.4. The quantitative estimate of drug-likeness (QED) is 0.432. The Balaban J connectivity index is 1.72. The van der Waals surface area contributed by atoms with E-state index in [4.69, 9.17) is 0 Å². The number of carboxylic acid groups (broad SMARTS) is 2. The second-order valence-corrected chi connectivity index (χ2v) is 10.1. The van der Waals surface area contributed by atoms with E-state index in [9.17, 15) is 29.4 Å². The first kappa shape index (κ1) is 24.3. The van der Waals surface area contributed by atoms with Crippen LogP contribution in [-0.4, -0.2) is 49.9 Å². The Labute approximate surface area is 203 Å². The van der Waals surface area contributed by atoms with E-state index in [0.717, 1.165) is 16.0 Å². The van der Waals surface area contributed by atoms with Crippen molar-refractivity contribution in [3.8, 4) is 0 Å². The van der Waals surface area contributed by atoms with Gasteiger partial charge in [0.15, 0.2) is 0 Å². The predicted molar refractivity (Wildman–Crippen MR) is 129 cm³/mol. The number of imide groups is 1. The molecule has 35 heavy (non-hydrogen) atoms. The summed E-state index contributed by atoms with van der Waals surface area (Å²) >= 11 is 0. The van der Waals surface area contributed by atoms with Crippen LogP contribution >= 0.6 is 0 Å². The van der Waals surface area contributed by atoms with Crippen molar-refractivity contribution in [1.29, 1.82) is 0 Å². The maximum absolute atomic E-state index is 13.5. The highest BCUT2D eigenvalue weighted by Gasteiger charge is 2.70. The maximum Gasteiger partial charge on any atom is 0.325 e. The summed E-state index contributed by atoms with van der Waals surface area (Å²) in [6.07, 6.45) is 3.07. The number of nitrogens with zero attached hydrogens (tertiary/aromatic N) is 1. The molecule has 2 aliphatic rings. The minimum absolute atomic E-state index is 0.494. The van der Waals surface area contributed by atoms with E-state index in [0.29, 0.717) is 5.56 Å². The molecule has 8 nitrogen and oxygen atoms in total. The third-order valence-electron chi connectivity index (χ3n) is 6.70. The molecule has 2 amide bonds. The molecule has 2 heterocycles. The van der Waals surface area contributed by atoms with Crippen LogP contribution in [0.3, 0.4) is 0 Å². The van der Waals surface area contributed by atoms with Gasteiger partial charge in [0.25, 0.3) is 0 Å². The van der Waals surface area contributed by atoms with Gasteiger partial charge in [0, 0.05) is 11.6 Å². The molecule has 2 saturated heterocycles. The summed E-state index contributed by atoms with van der Waals surface area (Å²) in [6.45, 7) is 5.08.